The van der Waals surface area contributed by atoms with Crippen LogP contribution in [0.1, 0.15) is 22.8 Å². The fourth-order valence-electron chi connectivity index (χ4n) is 2.45. The summed E-state index contributed by atoms with van der Waals surface area (Å²) in [7, 11) is 0. The smallest absolute Gasteiger partial charge is 0.441 e. The molecule has 11 heteroatoms. The van der Waals surface area contributed by atoms with E-state index < -0.39 is 47.6 Å². The second-order valence-electron chi connectivity index (χ2n) is 5.99. The Hall–Kier alpha value is -3.24. The van der Waals surface area contributed by atoms with E-state index in [9.17, 15) is 35.9 Å². The number of benzene rings is 2. The van der Waals surface area contributed by atoms with E-state index in [0.29, 0.717) is 12.1 Å². The molecule has 0 unspecified atom stereocenters. The number of nitrogens with one attached hydrogen (secondary N) is 2. The highest BCUT2D eigenvalue weighted by Gasteiger charge is 2.63. The third-order valence-corrected chi connectivity index (χ3v) is 3.87. The lowest BCUT2D eigenvalue weighted by Gasteiger charge is -2.35. The van der Waals surface area contributed by atoms with Crippen LogP contribution in [0, 0.1) is 0 Å². The standard InChI is InChI=1S/C19H16F6N2O3/c1-2-30-16(29)17(19(23,24)25,26-14-9-4-3-5-10-14)27-15(28)12-7-6-8-13(11-12)18(20,21)22/h3-11,26H,2H2,1H3,(H,27,28)/t17-/m0/s1. The Bertz CT molecular complexity index is 899. The van der Waals surface area contributed by atoms with Crippen molar-refractivity contribution in [1.29, 1.82) is 0 Å². The molecule has 0 spiro atoms. The average molecular weight is 434 g/mol. The van der Waals surface area contributed by atoms with Crippen LogP contribution in [0.2, 0.25) is 0 Å². The minimum absolute atomic E-state index is 0.188. The minimum Gasteiger partial charge on any atom is -0.463 e. The lowest BCUT2D eigenvalue weighted by atomic mass is 10.1. The van der Waals surface area contributed by atoms with Gasteiger partial charge >= 0.3 is 24.0 Å². The van der Waals surface area contributed by atoms with Crippen LogP contribution in [0.25, 0.3) is 0 Å². The van der Waals surface area contributed by atoms with Crippen molar-refractivity contribution < 1.29 is 40.7 Å². The van der Waals surface area contributed by atoms with E-state index in [4.69, 9.17) is 0 Å². The van der Waals surface area contributed by atoms with Gasteiger partial charge in [0.25, 0.3) is 5.91 Å². The summed E-state index contributed by atoms with van der Waals surface area (Å²) < 4.78 is 85.2. The summed E-state index contributed by atoms with van der Waals surface area (Å²) in [6.07, 6.45) is -10.2. The summed E-state index contributed by atoms with van der Waals surface area (Å²) >= 11 is 0. The van der Waals surface area contributed by atoms with Crippen LogP contribution in [-0.4, -0.2) is 30.3 Å². The molecule has 2 aromatic rings. The van der Waals surface area contributed by atoms with Crippen molar-refractivity contribution in [2.45, 2.75) is 24.9 Å². The predicted octanol–water partition coefficient (Wildman–Crippen LogP) is 4.37. The van der Waals surface area contributed by atoms with Gasteiger partial charge in [0.15, 0.2) is 0 Å². The molecule has 2 N–H and O–H groups in total. The molecule has 0 radical (unpaired) electrons. The van der Waals surface area contributed by atoms with Gasteiger partial charge in [0.1, 0.15) is 0 Å². The first-order valence-electron chi connectivity index (χ1n) is 8.47. The molecule has 0 fully saturated rings. The zero-order chi connectivity index (χ0) is 22.6. The topological polar surface area (TPSA) is 67.4 Å². The van der Waals surface area contributed by atoms with Crippen LogP contribution in [0.3, 0.4) is 0 Å². The number of hydrogen-bond acceptors (Lipinski definition) is 4. The molecule has 5 nitrogen and oxygen atoms in total. The first-order valence-corrected chi connectivity index (χ1v) is 8.47. The molecular weight excluding hydrogens is 418 g/mol. The molecule has 0 aliphatic rings. The van der Waals surface area contributed by atoms with Crippen molar-refractivity contribution in [2.24, 2.45) is 0 Å². The molecule has 2 aromatic carbocycles. The number of carbonyl (C=O) groups excluding carboxylic acids is 2. The third kappa shape index (κ3) is 5.02. The first kappa shape index (κ1) is 23.0. The molecule has 2 rings (SSSR count). The molecule has 0 bridgehead atoms. The Kier molecular flexibility index (Phi) is 6.63. The SMILES string of the molecule is CCOC(=O)[C@@](NC(=O)c1cccc(C(F)(F)F)c1)(Nc1ccccc1)C(F)(F)F. The number of anilines is 1. The quantitative estimate of drug-likeness (QED) is 0.403. The summed E-state index contributed by atoms with van der Waals surface area (Å²) in [5.41, 5.74) is -5.89. The second kappa shape index (κ2) is 8.64. The van der Waals surface area contributed by atoms with Gasteiger partial charge in [-0.05, 0) is 37.3 Å². The number of halogens is 6. The highest BCUT2D eigenvalue weighted by atomic mass is 19.4. The zero-order valence-electron chi connectivity index (χ0n) is 15.4. The Morgan fingerprint density at radius 2 is 1.57 bits per heavy atom. The maximum absolute atomic E-state index is 14.0. The maximum atomic E-state index is 14.0. The molecule has 0 heterocycles. The van der Waals surface area contributed by atoms with Gasteiger partial charge in [0, 0.05) is 11.3 Å². The molecule has 30 heavy (non-hydrogen) atoms. The molecule has 1 amide bonds. The van der Waals surface area contributed by atoms with Gasteiger partial charge in [-0.2, -0.15) is 26.3 Å². The van der Waals surface area contributed by atoms with Crippen molar-refractivity contribution in [1.82, 2.24) is 5.32 Å². The highest BCUT2D eigenvalue weighted by molar-refractivity contribution is 5.99. The van der Waals surface area contributed by atoms with Gasteiger partial charge in [0.2, 0.25) is 0 Å². The van der Waals surface area contributed by atoms with Gasteiger partial charge in [-0.15, -0.1) is 0 Å². The van der Waals surface area contributed by atoms with Gasteiger partial charge in [0.05, 0.1) is 12.2 Å². The van der Waals surface area contributed by atoms with E-state index in [1.807, 2.05) is 5.32 Å². The van der Waals surface area contributed by atoms with Crippen molar-refractivity contribution in [3.05, 3.63) is 65.7 Å². The number of esters is 1. The highest BCUT2D eigenvalue weighted by Crippen LogP contribution is 2.34. The average Bonchev–Trinajstić information content (AvgIpc) is 2.67. The fourth-order valence-corrected chi connectivity index (χ4v) is 2.45. The maximum Gasteiger partial charge on any atom is 0.441 e. The van der Waals surface area contributed by atoms with E-state index in [0.717, 1.165) is 12.1 Å². The second-order valence-corrected chi connectivity index (χ2v) is 5.99. The fraction of sp³-hybridized carbons (Fsp3) is 0.263. The number of hydrogen-bond donors (Lipinski definition) is 2. The molecule has 1 atom stereocenters. The Morgan fingerprint density at radius 3 is 2.10 bits per heavy atom. The number of para-hydroxylation sites is 1. The van der Waals surface area contributed by atoms with Crippen molar-refractivity contribution in [2.75, 3.05) is 11.9 Å². The Morgan fingerprint density at radius 1 is 0.933 bits per heavy atom. The predicted molar refractivity (Wildman–Crippen MR) is 94.4 cm³/mol. The van der Waals surface area contributed by atoms with E-state index in [-0.39, 0.29) is 5.69 Å². The number of ether oxygens (including phenoxy) is 1. The molecule has 0 aromatic heterocycles. The minimum atomic E-state index is -5.41. The van der Waals surface area contributed by atoms with Crippen LogP contribution in [-0.2, 0) is 15.7 Å². The van der Waals surface area contributed by atoms with Crippen molar-refractivity contribution in [3.8, 4) is 0 Å². The number of carbonyl (C=O) groups is 2. The largest absolute Gasteiger partial charge is 0.463 e. The van der Waals surface area contributed by atoms with Crippen LogP contribution in [0.15, 0.2) is 54.6 Å². The third-order valence-electron chi connectivity index (χ3n) is 3.87. The molecule has 0 aliphatic carbocycles. The van der Waals surface area contributed by atoms with Crippen LogP contribution >= 0.6 is 0 Å². The summed E-state index contributed by atoms with van der Waals surface area (Å²) in [5, 5.41) is 3.39. The van der Waals surface area contributed by atoms with Crippen LogP contribution in [0.4, 0.5) is 32.0 Å². The van der Waals surface area contributed by atoms with Gasteiger partial charge in [-0.1, -0.05) is 24.3 Å². The first-order chi connectivity index (χ1) is 13.9. The monoisotopic (exact) mass is 434 g/mol. The van der Waals surface area contributed by atoms with E-state index in [1.165, 1.54) is 42.6 Å². The summed E-state index contributed by atoms with van der Waals surface area (Å²) in [4.78, 5) is 24.8. The lowest BCUT2D eigenvalue weighted by Crippen LogP contribution is -2.69. The molecule has 0 saturated heterocycles. The van der Waals surface area contributed by atoms with Crippen molar-refractivity contribution in [3.63, 3.8) is 0 Å². The van der Waals surface area contributed by atoms with Gasteiger partial charge in [-0.3, -0.25) is 4.79 Å². The van der Waals surface area contributed by atoms with Crippen LogP contribution in [0.5, 0.6) is 0 Å². The Balaban J connectivity index is 2.51. The normalized spacial score (nSPS) is 13.8. The van der Waals surface area contributed by atoms with E-state index in [2.05, 4.69) is 4.74 Å². The van der Waals surface area contributed by atoms with Gasteiger partial charge in [-0.25, -0.2) is 4.79 Å². The molecule has 0 aliphatic heterocycles. The van der Waals surface area contributed by atoms with E-state index in [1.54, 1.807) is 0 Å². The van der Waals surface area contributed by atoms with Crippen molar-refractivity contribution >= 4 is 17.6 Å². The Labute approximate surface area is 167 Å². The summed E-state index contributed by atoms with van der Waals surface area (Å²) in [5.74, 6) is -3.43. The summed E-state index contributed by atoms with van der Waals surface area (Å²) in [6.45, 7) is 0.822. The summed E-state index contributed by atoms with van der Waals surface area (Å²) in [6, 6.07) is 9.46. The van der Waals surface area contributed by atoms with E-state index >= 15 is 0 Å². The lowest BCUT2D eigenvalue weighted by molar-refractivity contribution is -0.204. The number of alkyl halides is 6. The molecule has 162 valence electrons. The number of amides is 1. The molecular formula is C19H16F6N2O3. The number of rotatable bonds is 6. The van der Waals surface area contributed by atoms with Crippen LogP contribution < -0.4 is 10.6 Å². The zero-order valence-corrected chi connectivity index (χ0v) is 15.4. The molecule has 0 saturated carbocycles. The van der Waals surface area contributed by atoms with Gasteiger partial charge < -0.3 is 15.4 Å².